The number of hydrogen-bond donors (Lipinski definition) is 0. The Morgan fingerprint density at radius 1 is 0.792 bits per heavy atom. The summed E-state index contributed by atoms with van der Waals surface area (Å²) in [6.45, 7) is 2.27. The predicted molar refractivity (Wildman–Crippen MR) is 84.5 cm³/mol. The van der Waals surface area contributed by atoms with E-state index in [0.717, 1.165) is 32.0 Å². The standard InChI is InChI=1S/C19H20F4N/c20-18-10-4-2-8-16(18)14-24(11-5-6-12-24)13-15-7-1-3-9-17(15)19(21,22)23/h1-4,7-10H,5-6,11-14H2/q+1. The average Bonchev–Trinajstić information content (AvgIpc) is 2.97. The molecule has 0 radical (unpaired) electrons. The average molecular weight is 338 g/mol. The molecule has 128 valence electrons. The molecular formula is C19H20F4N+. The Kier molecular flexibility index (Phi) is 4.63. The van der Waals surface area contributed by atoms with Gasteiger partial charge in [0.05, 0.1) is 18.7 Å². The number of alkyl halides is 3. The highest BCUT2D eigenvalue weighted by Crippen LogP contribution is 2.35. The molecule has 0 aromatic heterocycles. The number of halogens is 4. The molecule has 24 heavy (non-hydrogen) atoms. The molecule has 1 aliphatic rings. The topological polar surface area (TPSA) is 0 Å². The van der Waals surface area contributed by atoms with E-state index >= 15 is 0 Å². The van der Waals surface area contributed by atoms with E-state index in [2.05, 4.69) is 0 Å². The minimum atomic E-state index is -4.36. The van der Waals surface area contributed by atoms with Gasteiger partial charge in [-0.2, -0.15) is 13.2 Å². The molecule has 0 N–H and O–H groups in total. The number of likely N-dealkylation sites (tertiary alicyclic amines) is 1. The Morgan fingerprint density at radius 2 is 1.33 bits per heavy atom. The first-order valence-electron chi connectivity index (χ1n) is 8.13. The van der Waals surface area contributed by atoms with Crippen molar-refractivity contribution in [3.05, 3.63) is 71.0 Å². The molecular weight excluding hydrogens is 318 g/mol. The van der Waals surface area contributed by atoms with E-state index < -0.39 is 11.7 Å². The van der Waals surface area contributed by atoms with Gasteiger partial charge >= 0.3 is 6.18 Å². The van der Waals surface area contributed by atoms with Crippen LogP contribution in [0.1, 0.15) is 29.5 Å². The Labute approximate surface area is 139 Å². The molecule has 0 bridgehead atoms. The van der Waals surface area contributed by atoms with Crippen molar-refractivity contribution in [1.82, 2.24) is 0 Å². The fourth-order valence-corrected chi connectivity index (χ4v) is 3.66. The zero-order valence-corrected chi connectivity index (χ0v) is 13.3. The summed E-state index contributed by atoms with van der Waals surface area (Å²) in [7, 11) is 0. The van der Waals surface area contributed by atoms with Crippen LogP contribution in [-0.2, 0) is 19.3 Å². The third-order valence-electron chi connectivity index (χ3n) is 4.81. The molecule has 0 spiro atoms. The summed E-state index contributed by atoms with van der Waals surface area (Å²) in [5, 5.41) is 0. The maximum Gasteiger partial charge on any atom is 0.416 e. The second-order valence-corrected chi connectivity index (χ2v) is 6.56. The van der Waals surface area contributed by atoms with Crippen LogP contribution in [0, 0.1) is 5.82 Å². The molecule has 5 heteroatoms. The molecule has 0 atom stereocenters. The van der Waals surface area contributed by atoms with E-state index in [9.17, 15) is 17.6 Å². The predicted octanol–water partition coefficient (Wildman–Crippen LogP) is 5.16. The van der Waals surface area contributed by atoms with Crippen LogP contribution in [0.25, 0.3) is 0 Å². The molecule has 1 fully saturated rings. The quantitative estimate of drug-likeness (QED) is 0.534. The lowest BCUT2D eigenvalue weighted by atomic mass is 10.0. The second-order valence-electron chi connectivity index (χ2n) is 6.56. The van der Waals surface area contributed by atoms with Gasteiger partial charge in [-0.1, -0.05) is 36.4 Å². The summed E-state index contributed by atoms with van der Waals surface area (Å²) in [6, 6.07) is 12.3. The van der Waals surface area contributed by atoms with Gasteiger partial charge in [0.15, 0.2) is 0 Å². The lowest BCUT2D eigenvalue weighted by Crippen LogP contribution is -2.44. The first-order valence-corrected chi connectivity index (χ1v) is 8.13. The van der Waals surface area contributed by atoms with E-state index in [-0.39, 0.29) is 12.4 Å². The van der Waals surface area contributed by atoms with Gasteiger partial charge in [-0.3, -0.25) is 0 Å². The van der Waals surface area contributed by atoms with Gasteiger partial charge in [0, 0.05) is 24.0 Å². The molecule has 2 aromatic rings. The van der Waals surface area contributed by atoms with Crippen LogP contribution in [0.15, 0.2) is 48.5 Å². The SMILES string of the molecule is Fc1ccccc1C[N+]1(Cc2ccccc2C(F)(F)F)CCCC1. The lowest BCUT2D eigenvalue weighted by molar-refractivity contribution is -0.942. The van der Waals surface area contributed by atoms with E-state index in [4.69, 9.17) is 0 Å². The Morgan fingerprint density at radius 3 is 1.96 bits per heavy atom. The van der Waals surface area contributed by atoms with Crippen molar-refractivity contribution in [2.75, 3.05) is 13.1 Å². The summed E-state index contributed by atoms with van der Waals surface area (Å²) < 4.78 is 54.3. The van der Waals surface area contributed by atoms with E-state index in [1.165, 1.54) is 12.1 Å². The highest BCUT2D eigenvalue weighted by atomic mass is 19.4. The molecule has 1 saturated heterocycles. The number of benzene rings is 2. The van der Waals surface area contributed by atoms with Gasteiger partial charge in [-0.15, -0.1) is 0 Å². The zero-order valence-electron chi connectivity index (χ0n) is 13.3. The Hall–Kier alpha value is -1.88. The third-order valence-corrected chi connectivity index (χ3v) is 4.81. The van der Waals surface area contributed by atoms with Gasteiger partial charge < -0.3 is 4.48 Å². The zero-order chi connectivity index (χ0) is 17.2. The lowest BCUT2D eigenvalue weighted by Gasteiger charge is -2.35. The van der Waals surface area contributed by atoms with Crippen LogP contribution in [0.3, 0.4) is 0 Å². The molecule has 1 heterocycles. The van der Waals surface area contributed by atoms with E-state index in [1.807, 2.05) is 0 Å². The van der Waals surface area contributed by atoms with Crippen molar-refractivity contribution in [3.8, 4) is 0 Å². The summed E-state index contributed by atoms with van der Waals surface area (Å²) in [6.07, 6.45) is -2.44. The van der Waals surface area contributed by atoms with Gasteiger partial charge in [0.2, 0.25) is 0 Å². The maximum absolute atomic E-state index is 14.0. The van der Waals surface area contributed by atoms with Crippen LogP contribution in [0.4, 0.5) is 17.6 Å². The molecule has 0 aliphatic carbocycles. The molecule has 0 unspecified atom stereocenters. The Balaban J connectivity index is 1.92. The van der Waals surface area contributed by atoms with E-state index in [1.54, 1.807) is 30.3 Å². The number of quaternary nitrogens is 1. The molecule has 0 amide bonds. The van der Waals surface area contributed by atoms with Crippen molar-refractivity contribution >= 4 is 0 Å². The number of rotatable bonds is 4. The minimum absolute atomic E-state index is 0.282. The molecule has 2 aromatic carbocycles. The van der Waals surface area contributed by atoms with E-state index in [0.29, 0.717) is 22.2 Å². The largest absolute Gasteiger partial charge is 0.416 e. The van der Waals surface area contributed by atoms with Gasteiger partial charge in [0.1, 0.15) is 18.9 Å². The monoisotopic (exact) mass is 338 g/mol. The molecule has 0 saturated carbocycles. The third kappa shape index (κ3) is 3.61. The summed E-state index contributed by atoms with van der Waals surface area (Å²) in [4.78, 5) is 0. The van der Waals surface area contributed by atoms with Gasteiger partial charge in [-0.25, -0.2) is 4.39 Å². The van der Waals surface area contributed by atoms with Crippen molar-refractivity contribution < 1.29 is 22.0 Å². The highest BCUT2D eigenvalue weighted by Gasteiger charge is 2.38. The fraction of sp³-hybridized carbons (Fsp3) is 0.368. The molecule has 3 rings (SSSR count). The summed E-state index contributed by atoms with van der Waals surface area (Å²) in [5.41, 5.74) is 0.287. The van der Waals surface area contributed by atoms with Crippen LogP contribution < -0.4 is 0 Å². The molecule has 1 aliphatic heterocycles. The summed E-state index contributed by atoms with van der Waals surface area (Å²) >= 11 is 0. The molecule has 1 nitrogen and oxygen atoms in total. The Bertz CT molecular complexity index is 703. The minimum Gasteiger partial charge on any atom is -0.316 e. The van der Waals surface area contributed by atoms with Gasteiger partial charge in [-0.05, 0) is 12.1 Å². The maximum atomic E-state index is 14.0. The van der Waals surface area contributed by atoms with Crippen molar-refractivity contribution in [2.24, 2.45) is 0 Å². The normalized spacial score (nSPS) is 17.2. The highest BCUT2D eigenvalue weighted by molar-refractivity contribution is 5.29. The first-order chi connectivity index (χ1) is 11.4. The van der Waals surface area contributed by atoms with Crippen LogP contribution in [-0.4, -0.2) is 17.6 Å². The van der Waals surface area contributed by atoms with Crippen molar-refractivity contribution in [1.29, 1.82) is 0 Å². The smallest absolute Gasteiger partial charge is 0.316 e. The second kappa shape index (κ2) is 6.55. The van der Waals surface area contributed by atoms with Crippen LogP contribution in [0.2, 0.25) is 0 Å². The van der Waals surface area contributed by atoms with Crippen molar-refractivity contribution in [3.63, 3.8) is 0 Å². The number of nitrogens with zero attached hydrogens (tertiary/aromatic N) is 1. The van der Waals surface area contributed by atoms with Crippen LogP contribution >= 0.6 is 0 Å². The number of hydrogen-bond acceptors (Lipinski definition) is 0. The van der Waals surface area contributed by atoms with Gasteiger partial charge in [0.25, 0.3) is 0 Å². The summed E-state index contributed by atoms with van der Waals surface area (Å²) in [5.74, 6) is -0.286. The van der Waals surface area contributed by atoms with Crippen LogP contribution in [0.5, 0.6) is 0 Å². The fourth-order valence-electron chi connectivity index (χ4n) is 3.66. The van der Waals surface area contributed by atoms with Crippen molar-refractivity contribution in [2.45, 2.75) is 32.1 Å². The first kappa shape index (κ1) is 17.0.